The van der Waals surface area contributed by atoms with Crippen LogP contribution in [0.25, 0.3) is 0 Å². The lowest BCUT2D eigenvalue weighted by molar-refractivity contribution is 0.373. The molecule has 0 rings (SSSR count). The number of unbranched alkanes of at least 4 members (excludes halogenated alkanes) is 12. The largest absolute Gasteiger partial charge is 0.0654 e. The minimum atomic E-state index is 1.00. The molecule has 0 aliphatic heterocycles. The van der Waals surface area contributed by atoms with Crippen LogP contribution in [0.1, 0.15) is 129 Å². The van der Waals surface area contributed by atoms with Crippen LogP contribution in [-0.4, -0.2) is 0 Å². The van der Waals surface area contributed by atoms with Crippen LogP contribution in [0.4, 0.5) is 0 Å². The first-order valence-electron chi connectivity index (χ1n) is 10.6. The summed E-state index contributed by atoms with van der Waals surface area (Å²) < 4.78 is 0. The third kappa shape index (κ3) is 16.4. The summed E-state index contributed by atoms with van der Waals surface area (Å²) >= 11 is 0. The predicted molar refractivity (Wildman–Crippen MR) is 103 cm³/mol. The molecule has 0 aliphatic rings. The van der Waals surface area contributed by atoms with E-state index in [1.54, 1.807) is 0 Å². The van der Waals surface area contributed by atoms with Crippen molar-refractivity contribution in [1.29, 1.82) is 0 Å². The van der Waals surface area contributed by atoms with Gasteiger partial charge in [-0.3, -0.25) is 0 Å². The maximum atomic E-state index is 4.02. The number of hydrogen-bond acceptors (Lipinski definition) is 0. The Hall–Kier alpha value is 0. The van der Waals surface area contributed by atoms with Gasteiger partial charge < -0.3 is 0 Å². The highest BCUT2D eigenvalue weighted by Crippen LogP contribution is 2.23. The van der Waals surface area contributed by atoms with E-state index >= 15 is 0 Å². The molecule has 1 unspecified atom stereocenters. The average molecular weight is 310 g/mol. The van der Waals surface area contributed by atoms with Gasteiger partial charge in [0.1, 0.15) is 0 Å². The highest BCUT2D eigenvalue weighted by atomic mass is 14.1. The third-order valence-electron chi connectivity index (χ3n) is 5.04. The Balaban J connectivity index is 3.48. The Bertz CT molecular complexity index is 184. The van der Waals surface area contributed by atoms with E-state index in [1.807, 2.05) is 0 Å². The average Bonchev–Trinajstić information content (AvgIpc) is 2.54. The molecule has 0 aromatic rings. The van der Waals surface area contributed by atoms with Gasteiger partial charge in [0.2, 0.25) is 0 Å². The minimum Gasteiger partial charge on any atom is -0.0654 e. The van der Waals surface area contributed by atoms with Crippen LogP contribution in [0.2, 0.25) is 0 Å². The smallest absolute Gasteiger partial charge is 0.0414 e. The molecule has 22 heavy (non-hydrogen) atoms. The van der Waals surface area contributed by atoms with Crippen molar-refractivity contribution in [3.63, 3.8) is 0 Å². The van der Waals surface area contributed by atoms with E-state index in [2.05, 4.69) is 20.8 Å². The monoisotopic (exact) mass is 309 g/mol. The first-order chi connectivity index (χ1) is 10.8. The Morgan fingerprint density at radius 3 is 1.32 bits per heavy atom. The molecule has 0 nitrogen and oxygen atoms in total. The van der Waals surface area contributed by atoms with Gasteiger partial charge in [-0.2, -0.15) is 0 Å². The van der Waals surface area contributed by atoms with E-state index in [1.165, 1.54) is 109 Å². The highest BCUT2D eigenvalue weighted by molar-refractivity contribution is 4.62. The molecule has 0 N–H and O–H groups in total. The molecule has 0 spiro atoms. The molecule has 0 saturated heterocycles. The lowest BCUT2D eigenvalue weighted by atomic mass is 9.90. The normalized spacial score (nSPS) is 12.7. The van der Waals surface area contributed by atoms with Gasteiger partial charge in [-0.15, -0.1) is 0 Å². The molecule has 1 radical (unpaired) electrons. The molecule has 0 amide bonds. The van der Waals surface area contributed by atoms with Gasteiger partial charge in [-0.1, -0.05) is 136 Å². The summed E-state index contributed by atoms with van der Waals surface area (Å²) in [6.45, 7) is 8.63. The molecule has 133 valence electrons. The second-order valence-corrected chi connectivity index (χ2v) is 7.33. The van der Waals surface area contributed by atoms with Crippen LogP contribution in [0, 0.1) is 12.8 Å². The maximum absolute atomic E-state index is 4.02. The number of hydrogen-bond donors (Lipinski definition) is 0. The van der Waals surface area contributed by atoms with Crippen molar-refractivity contribution in [3.8, 4) is 0 Å². The topological polar surface area (TPSA) is 0 Å². The summed E-state index contributed by atoms with van der Waals surface area (Å²) in [5, 5.41) is 0. The molecule has 0 fully saturated rings. The zero-order valence-electron chi connectivity index (χ0n) is 16.0. The Kier molecular flexibility index (Phi) is 19.0. The lowest BCUT2D eigenvalue weighted by Gasteiger charge is -2.16. The van der Waals surface area contributed by atoms with Crippen LogP contribution in [-0.2, 0) is 0 Å². The van der Waals surface area contributed by atoms with E-state index in [-0.39, 0.29) is 0 Å². The second-order valence-electron chi connectivity index (χ2n) is 7.33. The van der Waals surface area contributed by atoms with Crippen molar-refractivity contribution in [2.45, 2.75) is 129 Å². The van der Waals surface area contributed by atoms with Crippen molar-refractivity contribution in [1.82, 2.24) is 0 Å². The van der Waals surface area contributed by atoms with Gasteiger partial charge in [-0.05, 0) is 5.92 Å². The van der Waals surface area contributed by atoms with Crippen LogP contribution < -0.4 is 0 Å². The zero-order valence-corrected chi connectivity index (χ0v) is 16.0. The molecule has 0 aromatic carbocycles. The van der Waals surface area contributed by atoms with Gasteiger partial charge in [-0.25, -0.2) is 0 Å². The van der Waals surface area contributed by atoms with Crippen LogP contribution in [0.15, 0.2) is 0 Å². The quantitative estimate of drug-likeness (QED) is 0.223. The second kappa shape index (κ2) is 19.0. The summed E-state index contributed by atoms with van der Waals surface area (Å²) in [7, 11) is 0. The third-order valence-corrected chi connectivity index (χ3v) is 5.04. The van der Waals surface area contributed by atoms with Crippen molar-refractivity contribution in [2.75, 3.05) is 0 Å². The lowest BCUT2D eigenvalue weighted by Crippen LogP contribution is -2.01. The van der Waals surface area contributed by atoms with Gasteiger partial charge in [0.05, 0.1) is 0 Å². The summed E-state index contributed by atoms with van der Waals surface area (Å²) in [5.74, 6) is 1.00. The van der Waals surface area contributed by atoms with Gasteiger partial charge >= 0.3 is 0 Å². The number of rotatable bonds is 18. The van der Waals surface area contributed by atoms with Crippen LogP contribution in [0.3, 0.4) is 0 Å². The molecule has 0 aliphatic carbocycles. The minimum absolute atomic E-state index is 1.00. The van der Waals surface area contributed by atoms with Gasteiger partial charge in [0.15, 0.2) is 0 Å². The van der Waals surface area contributed by atoms with Crippen molar-refractivity contribution >= 4 is 0 Å². The van der Waals surface area contributed by atoms with E-state index in [0.717, 1.165) is 12.3 Å². The van der Waals surface area contributed by atoms with Crippen LogP contribution in [0.5, 0.6) is 0 Å². The summed E-state index contributed by atoms with van der Waals surface area (Å²) in [6, 6.07) is 0. The molecule has 0 aromatic heterocycles. The summed E-state index contributed by atoms with van der Waals surface area (Å²) in [4.78, 5) is 0. The van der Waals surface area contributed by atoms with E-state index in [4.69, 9.17) is 0 Å². The molecule has 0 saturated carbocycles. The molecular formula is C22H45. The molecular weight excluding hydrogens is 264 g/mol. The molecule has 0 heteroatoms. The van der Waals surface area contributed by atoms with Crippen molar-refractivity contribution < 1.29 is 0 Å². The fourth-order valence-electron chi connectivity index (χ4n) is 3.47. The fourth-order valence-corrected chi connectivity index (χ4v) is 3.47. The zero-order chi connectivity index (χ0) is 16.3. The Labute approximate surface area is 142 Å². The summed E-state index contributed by atoms with van der Waals surface area (Å²) in [5.41, 5.74) is 0. The highest BCUT2D eigenvalue weighted by Gasteiger charge is 2.07. The molecule has 0 heterocycles. The summed E-state index contributed by atoms with van der Waals surface area (Å²) in [6.07, 6.45) is 25.7. The van der Waals surface area contributed by atoms with E-state index in [0.29, 0.717) is 0 Å². The van der Waals surface area contributed by atoms with E-state index in [9.17, 15) is 0 Å². The first-order valence-corrected chi connectivity index (χ1v) is 10.6. The van der Waals surface area contributed by atoms with Gasteiger partial charge in [0, 0.05) is 0 Å². The standard InChI is InChI=1S/C22H45/c1-4-7-10-12-13-14-15-16-18-21-22(19-9-6-3)20-17-11-8-5-2/h22H,3-21H2,1-2H3. The van der Waals surface area contributed by atoms with E-state index < -0.39 is 0 Å². The predicted octanol–water partition coefficient (Wildman–Crippen LogP) is 8.50. The molecule has 0 bridgehead atoms. The van der Waals surface area contributed by atoms with Crippen LogP contribution >= 0.6 is 0 Å². The Morgan fingerprint density at radius 1 is 0.500 bits per heavy atom. The van der Waals surface area contributed by atoms with Gasteiger partial charge in [0.25, 0.3) is 0 Å². The van der Waals surface area contributed by atoms with Crippen molar-refractivity contribution in [2.24, 2.45) is 5.92 Å². The SMILES string of the molecule is [CH2]CCCC(CCCCCC)CCCCCCCCCCC. The maximum Gasteiger partial charge on any atom is -0.0414 e. The Morgan fingerprint density at radius 2 is 0.864 bits per heavy atom. The van der Waals surface area contributed by atoms with Crippen molar-refractivity contribution in [3.05, 3.63) is 6.92 Å². The molecule has 1 atom stereocenters. The first kappa shape index (κ1) is 22.0. The fraction of sp³-hybridized carbons (Fsp3) is 0.955.